The first-order valence-corrected chi connectivity index (χ1v) is 13.8. The molecule has 192 valence electrons. The maximum absolute atomic E-state index is 13.3. The topological polar surface area (TPSA) is 101 Å². The number of carbonyl (C=O) groups is 1. The van der Waals surface area contributed by atoms with Crippen molar-refractivity contribution >= 4 is 26.9 Å². The number of nitrogens with zero attached hydrogens (tertiary/aromatic N) is 2. The average Bonchev–Trinajstić information content (AvgIpc) is 3.19. The molecule has 1 atom stereocenters. The van der Waals surface area contributed by atoms with Crippen LogP contribution in [0.2, 0.25) is 0 Å². The zero-order valence-corrected chi connectivity index (χ0v) is 21.0. The van der Waals surface area contributed by atoms with E-state index in [2.05, 4.69) is 26.4 Å². The van der Waals surface area contributed by atoms with Crippen LogP contribution in [-0.4, -0.2) is 35.1 Å². The molecule has 7 nitrogen and oxygen atoms in total. The van der Waals surface area contributed by atoms with Crippen LogP contribution in [0.4, 0.5) is 4.39 Å². The van der Waals surface area contributed by atoms with Gasteiger partial charge in [-0.1, -0.05) is 12.1 Å². The summed E-state index contributed by atoms with van der Waals surface area (Å²) in [4.78, 5) is 15.5. The van der Waals surface area contributed by atoms with Gasteiger partial charge in [-0.05, 0) is 91.3 Å². The number of nitrogens with one attached hydrogen (secondary N) is 1. The Morgan fingerprint density at radius 1 is 1.11 bits per heavy atom. The van der Waals surface area contributed by atoms with E-state index < -0.39 is 21.8 Å². The number of hydrogen-bond acceptors (Lipinski definition) is 4. The lowest BCUT2D eigenvalue weighted by Crippen LogP contribution is -2.39. The Balaban J connectivity index is 1.44. The molecule has 2 aromatic carbocycles. The number of benzene rings is 2. The van der Waals surface area contributed by atoms with E-state index in [1.54, 1.807) is 6.20 Å². The molecule has 0 radical (unpaired) electrons. The average molecular weight is 522 g/mol. The van der Waals surface area contributed by atoms with Gasteiger partial charge in [0.2, 0.25) is 10.0 Å². The smallest absolute Gasteiger partial charge is 0.305 e. The third-order valence-electron chi connectivity index (χ3n) is 6.95. The van der Waals surface area contributed by atoms with Gasteiger partial charge >= 0.3 is 5.97 Å². The number of carboxylic acid groups (broad SMARTS) is 1. The van der Waals surface area contributed by atoms with Gasteiger partial charge in [-0.2, -0.15) is 0 Å². The maximum atomic E-state index is 13.3. The summed E-state index contributed by atoms with van der Waals surface area (Å²) >= 11 is 0. The van der Waals surface area contributed by atoms with Crippen LogP contribution in [0.15, 0.2) is 71.9 Å². The number of hydrogen-bond donors (Lipinski definition) is 2. The number of rotatable bonds is 9. The van der Waals surface area contributed by atoms with Gasteiger partial charge in [0.25, 0.3) is 0 Å². The molecule has 0 fully saturated rings. The van der Waals surface area contributed by atoms with E-state index in [1.807, 2.05) is 24.4 Å². The van der Waals surface area contributed by atoms with Crippen molar-refractivity contribution < 1.29 is 22.7 Å². The lowest BCUT2D eigenvalue weighted by molar-refractivity contribution is -0.137. The van der Waals surface area contributed by atoms with Gasteiger partial charge in [0.1, 0.15) is 5.82 Å². The SMILES string of the molecule is O=C(O)CCn1c2c(c3cc(CCc4cccnc4)ccc31)CC(NS(=O)(=O)c1ccc(F)cc1)CC2. The molecule has 1 aliphatic carbocycles. The molecule has 0 spiro atoms. The fourth-order valence-electron chi connectivity index (χ4n) is 5.15. The minimum absolute atomic E-state index is 0.0135. The lowest BCUT2D eigenvalue weighted by atomic mass is 9.91. The maximum Gasteiger partial charge on any atom is 0.305 e. The summed E-state index contributed by atoms with van der Waals surface area (Å²) in [5, 5.41) is 10.3. The number of sulfonamides is 1. The van der Waals surface area contributed by atoms with E-state index >= 15 is 0 Å². The normalized spacial score (nSPS) is 15.5. The first kappa shape index (κ1) is 25.1. The van der Waals surface area contributed by atoms with Gasteiger partial charge in [-0.3, -0.25) is 9.78 Å². The standard InChI is InChI=1S/C28H28FN3O4S/c29-21-6-9-23(10-7-21)37(35,36)31-22-8-12-27-25(17-22)24-16-19(3-4-20-2-1-14-30-18-20)5-11-26(24)32(27)15-13-28(33)34/h1-2,5-7,9-11,14,16,18,22,31H,3-4,8,12-13,15,17H2,(H,33,34). The van der Waals surface area contributed by atoms with Crippen molar-refractivity contribution in [3.63, 3.8) is 0 Å². The molecule has 5 rings (SSSR count). The molecule has 1 unspecified atom stereocenters. The lowest BCUT2D eigenvalue weighted by Gasteiger charge is -2.25. The Bertz CT molecular complexity index is 1530. The summed E-state index contributed by atoms with van der Waals surface area (Å²) in [7, 11) is -3.80. The van der Waals surface area contributed by atoms with E-state index in [-0.39, 0.29) is 17.4 Å². The monoisotopic (exact) mass is 521 g/mol. The van der Waals surface area contributed by atoms with E-state index in [9.17, 15) is 22.7 Å². The molecular weight excluding hydrogens is 493 g/mol. The highest BCUT2D eigenvalue weighted by molar-refractivity contribution is 7.89. The van der Waals surface area contributed by atoms with Crippen molar-refractivity contribution in [3.05, 3.63) is 95.2 Å². The summed E-state index contributed by atoms with van der Waals surface area (Å²) in [6, 6.07) is 14.7. The predicted octanol–water partition coefficient (Wildman–Crippen LogP) is 4.27. The van der Waals surface area contributed by atoms with E-state index in [1.165, 1.54) is 12.1 Å². The van der Waals surface area contributed by atoms with Gasteiger partial charge in [-0.25, -0.2) is 17.5 Å². The van der Waals surface area contributed by atoms with Gasteiger partial charge in [-0.15, -0.1) is 0 Å². The van der Waals surface area contributed by atoms with E-state index in [4.69, 9.17) is 0 Å². The highest BCUT2D eigenvalue weighted by Crippen LogP contribution is 2.34. The van der Waals surface area contributed by atoms with Gasteiger partial charge in [0.05, 0.1) is 11.3 Å². The van der Waals surface area contributed by atoms with Crippen LogP contribution >= 0.6 is 0 Å². The quantitative estimate of drug-likeness (QED) is 0.343. The molecule has 0 amide bonds. The number of carboxylic acids is 1. The minimum Gasteiger partial charge on any atom is -0.481 e. The van der Waals surface area contributed by atoms with Crippen molar-refractivity contribution in [1.82, 2.24) is 14.3 Å². The molecular formula is C28H28FN3O4S. The molecule has 2 heterocycles. The van der Waals surface area contributed by atoms with Crippen LogP contribution < -0.4 is 4.72 Å². The minimum atomic E-state index is -3.80. The molecule has 0 saturated carbocycles. The fourth-order valence-corrected chi connectivity index (χ4v) is 6.42. The Kier molecular flexibility index (Phi) is 7.08. The second kappa shape index (κ2) is 10.4. The molecule has 0 saturated heterocycles. The van der Waals surface area contributed by atoms with Crippen LogP contribution in [0.3, 0.4) is 0 Å². The second-order valence-electron chi connectivity index (χ2n) is 9.45. The summed E-state index contributed by atoms with van der Waals surface area (Å²) in [6.07, 6.45) is 7.02. The zero-order valence-electron chi connectivity index (χ0n) is 20.2. The van der Waals surface area contributed by atoms with Gasteiger partial charge in [0, 0.05) is 41.6 Å². The first-order valence-electron chi connectivity index (χ1n) is 12.3. The highest BCUT2D eigenvalue weighted by Gasteiger charge is 2.29. The molecule has 9 heteroatoms. The Morgan fingerprint density at radius 2 is 1.89 bits per heavy atom. The second-order valence-corrected chi connectivity index (χ2v) is 11.2. The van der Waals surface area contributed by atoms with Crippen LogP contribution in [0, 0.1) is 5.82 Å². The molecule has 1 aliphatic rings. The van der Waals surface area contributed by atoms with Gasteiger partial charge in [0.15, 0.2) is 0 Å². The molecule has 2 aromatic heterocycles. The van der Waals surface area contributed by atoms with Crippen LogP contribution in [-0.2, 0) is 47.0 Å². The Labute approximate surface area is 215 Å². The summed E-state index contributed by atoms with van der Waals surface area (Å²) < 4.78 is 44.0. The molecule has 4 aromatic rings. The number of aromatic nitrogens is 2. The van der Waals surface area contributed by atoms with Crippen LogP contribution in [0.25, 0.3) is 10.9 Å². The number of fused-ring (bicyclic) bond motifs is 3. The first-order chi connectivity index (χ1) is 17.8. The van der Waals surface area contributed by atoms with Gasteiger partial charge < -0.3 is 9.67 Å². The molecule has 37 heavy (non-hydrogen) atoms. The predicted molar refractivity (Wildman–Crippen MR) is 138 cm³/mol. The summed E-state index contributed by atoms with van der Waals surface area (Å²) in [6.45, 7) is 0.363. The van der Waals surface area contributed by atoms with Crippen LogP contribution in [0.5, 0.6) is 0 Å². The zero-order chi connectivity index (χ0) is 26.0. The molecule has 0 bridgehead atoms. The fraction of sp³-hybridized carbons (Fsp3) is 0.286. The summed E-state index contributed by atoms with van der Waals surface area (Å²) in [5.41, 5.74) is 5.40. The summed E-state index contributed by atoms with van der Waals surface area (Å²) in [5.74, 6) is -1.35. The highest BCUT2D eigenvalue weighted by atomic mass is 32.2. The van der Waals surface area contributed by atoms with Crippen molar-refractivity contribution in [3.8, 4) is 0 Å². The number of pyridine rings is 1. The van der Waals surface area contributed by atoms with E-state index in [0.717, 1.165) is 58.3 Å². The number of aryl methyl sites for hydroxylation is 3. The Hall–Kier alpha value is -3.56. The van der Waals surface area contributed by atoms with Crippen molar-refractivity contribution in [2.75, 3.05) is 0 Å². The largest absolute Gasteiger partial charge is 0.481 e. The van der Waals surface area contributed by atoms with Crippen LogP contribution in [0.1, 0.15) is 35.2 Å². The Morgan fingerprint density at radius 3 is 2.62 bits per heavy atom. The van der Waals surface area contributed by atoms with Crippen molar-refractivity contribution in [2.45, 2.75) is 56.0 Å². The third-order valence-corrected chi connectivity index (χ3v) is 8.49. The van der Waals surface area contributed by atoms with Crippen molar-refractivity contribution in [1.29, 1.82) is 0 Å². The molecule has 0 aliphatic heterocycles. The third kappa shape index (κ3) is 5.57. The van der Waals surface area contributed by atoms with E-state index in [0.29, 0.717) is 25.8 Å². The number of halogens is 1. The molecule has 2 N–H and O–H groups in total. The van der Waals surface area contributed by atoms with Crippen molar-refractivity contribution in [2.24, 2.45) is 0 Å². The number of aliphatic carboxylic acids is 1.